The lowest BCUT2D eigenvalue weighted by atomic mass is 10.1. The third-order valence-electron chi connectivity index (χ3n) is 2.69. The molecule has 0 aromatic carbocycles. The first-order valence-electron chi connectivity index (χ1n) is 6.19. The van der Waals surface area contributed by atoms with Crippen LogP contribution < -0.4 is 0 Å². The Labute approximate surface area is 110 Å². The zero-order valence-corrected chi connectivity index (χ0v) is 11.6. The van der Waals surface area contributed by atoms with Gasteiger partial charge in [-0.25, -0.2) is 0 Å². The average Bonchev–Trinajstić information content (AvgIpc) is 2.34. The predicted molar refractivity (Wildman–Crippen MR) is 76.1 cm³/mol. The molecule has 4 heteroatoms. The Balaban J connectivity index is 4.41. The van der Waals surface area contributed by atoms with E-state index < -0.39 is 0 Å². The van der Waals surface area contributed by atoms with Gasteiger partial charge in [-0.2, -0.15) is 0 Å². The second-order valence-electron chi connectivity index (χ2n) is 4.26. The lowest BCUT2D eigenvalue weighted by Gasteiger charge is -2.25. The number of allylic oxidation sites excluding steroid dienone is 3. The maximum Gasteiger partial charge on any atom is 0.164 e. The van der Waals surface area contributed by atoms with Crippen LogP contribution in [0.15, 0.2) is 29.3 Å². The molecule has 4 nitrogen and oxygen atoms in total. The molecule has 0 amide bonds. The van der Waals surface area contributed by atoms with E-state index in [2.05, 4.69) is 16.5 Å². The van der Waals surface area contributed by atoms with Crippen molar-refractivity contribution in [2.45, 2.75) is 26.3 Å². The van der Waals surface area contributed by atoms with Crippen molar-refractivity contribution in [3.05, 3.63) is 24.3 Å². The molecule has 0 fully saturated rings. The quantitative estimate of drug-likeness (QED) is 0.384. The standard InChI is InChI=1S/C14H24N2O2/c1-5-13(6-8-15-4)14(18)7-9-16(10-11-17)12(2)3/h5-6,8,12,17H,1,7,9-11H2,2-4H3/b13-6+,15-8?. The van der Waals surface area contributed by atoms with Crippen LogP contribution in [0.25, 0.3) is 0 Å². The topological polar surface area (TPSA) is 52.9 Å². The highest BCUT2D eigenvalue weighted by molar-refractivity contribution is 6.01. The van der Waals surface area contributed by atoms with Gasteiger partial charge in [-0.3, -0.25) is 14.7 Å². The zero-order valence-electron chi connectivity index (χ0n) is 11.6. The Hall–Kier alpha value is -1.26. The van der Waals surface area contributed by atoms with Crippen molar-refractivity contribution in [1.29, 1.82) is 0 Å². The summed E-state index contributed by atoms with van der Waals surface area (Å²) in [5.41, 5.74) is 0.577. The molecule has 0 aromatic rings. The molecular formula is C14H24N2O2. The molecule has 1 N–H and O–H groups in total. The first kappa shape index (κ1) is 16.7. The molecule has 18 heavy (non-hydrogen) atoms. The van der Waals surface area contributed by atoms with Crippen molar-refractivity contribution in [3.63, 3.8) is 0 Å². The van der Waals surface area contributed by atoms with Gasteiger partial charge in [0.05, 0.1) is 6.61 Å². The number of hydrogen-bond donors (Lipinski definition) is 1. The number of nitrogens with zero attached hydrogens (tertiary/aromatic N) is 2. The molecule has 0 heterocycles. The lowest BCUT2D eigenvalue weighted by Crippen LogP contribution is -2.35. The van der Waals surface area contributed by atoms with E-state index in [9.17, 15) is 4.79 Å². The van der Waals surface area contributed by atoms with Gasteiger partial charge in [0.1, 0.15) is 0 Å². The van der Waals surface area contributed by atoms with Crippen molar-refractivity contribution in [1.82, 2.24) is 4.90 Å². The largest absolute Gasteiger partial charge is 0.395 e. The number of carbonyl (C=O) groups is 1. The first-order chi connectivity index (χ1) is 8.56. The molecule has 0 aliphatic carbocycles. The van der Waals surface area contributed by atoms with Gasteiger partial charge in [-0.15, -0.1) is 0 Å². The fourth-order valence-electron chi connectivity index (χ4n) is 1.58. The Morgan fingerprint density at radius 1 is 1.44 bits per heavy atom. The minimum absolute atomic E-state index is 0.0495. The van der Waals surface area contributed by atoms with Crippen LogP contribution >= 0.6 is 0 Å². The normalized spacial score (nSPS) is 12.7. The van der Waals surface area contributed by atoms with Gasteiger partial charge in [0.2, 0.25) is 0 Å². The van der Waals surface area contributed by atoms with Crippen LogP contribution in [0.1, 0.15) is 20.3 Å². The molecule has 0 saturated heterocycles. The fraction of sp³-hybridized carbons (Fsp3) is 0.571. The van der Waals surface area contributed by atoms with Crippen LogP contribution in [0, 0.1) is 0 Å². The van der Waals surface area contributed by atoms with Crippen LogP contribution in [0.3, 0.4) is 0 Å². The highest BCUT2D eigenvalue weighted by Crippen LogP contribution is 2.05. The van der Waals surface area contributed by atoms with Crippen LogP contribution in [-0.4, -0.2) is 54.8 Å². The molecule has 0 radical (unpaired) electrons. The van der Waals surface area contributed by atoms with Gasteiger partial charge in [0.25, 0.3) is 0 Å². The SMILES string of the molecule is C=C/C(=C\C=NC)C(=O)CCN(CCO)C(C)C. The third kappa shape index (κ3) is 6.47. The van der Waals surface area contributed by atoms with Crippen molar-refractivity contribution in [2.75, 3.05) is 26.7 Å². The molecule has 0 bridgehead atoms. The molecule has 0 rings (SSSR count). The van der Waals surface area contributed by atoms with E-state index in [1.165, 1.54) is 0 Å². The summed E-state index contributed by atoms with van der Waals surface area (Å²) in [5, 5.41) is 8.95. The number of rotatable bonds is 9. The zero-order chi connectivity index (χ0) is 14.0. The monoisotopic (exact) mass is 252 g/mol. The molecule has 0 aliphatic rings. The van der Waals surface area contributed by atoms with Gasteiger partial charge in [0, 0.05) is 44.4 Å². The van der Waals surface area contributed by atoms with Crippen LogP contribution in [0.5, 0.6) is 0 Å². The van der Waals surface area contributed by atoms with Crippen LogP contribution in [-0.2, 0) is 4.79 Å². The second kappa shape index (κ2) is 9.74. The molecule has 0 aromatic heterocycles. The van der Waals surface area contributed by atoms with Gasteiger partial charge < -0.3 is 5.11 Å². The fourth-order valence-corrected chi connectivity index (χ4v) is 1.58. The van der Waals surface area contributed by atoms with Gasteiger partial charge >= 0.3 is 0 Å². The molecule has 0 spiro atoms. The number of carbonyl (C=O) groups excluding carboxylic acids is 1. The number of aliphatic hydroxyl groups excluding tert-OH is 1. The van der Waals surface area contributed by atoms with Crippen molar-refractivity contribution >= 4 is 12.0 Å². The number of aliphatic hydroxyl groups is 1. The van der Waals surface area contributed by atoms with E-state index in [4.69, 9.17) is 5.11 Å². The predicted octanol–water partition coefficient (Wildman–Crippen LogP) is 1.46. The molecule has 0 atom stereocenters. The van der Waals surface area contributed by atoms with E-state index >= 15 is 0 Å². The Kier molecular flexibility index (Phi) is 9.06. The molecule has 0 saturated carbocycles. The summed E-state index contributed by atoms with van der Waals surface area (Å²) >= 11 is 0. The van der Waals surface area contributed by atoms with Crippen molar-refractivity contribution < 1.29 is 9.90 Å². The summed E-state index contributed by atoms with van der Waals surface area (Å²) in [6, 6.07) is 0.318. The van der Waals surface area contributed by atoms with E-state index in [0.717, 1.165) is 0 Å². The summed E-state index contributed by atoms with van der Waals surface area (Å²) < 4.78 is 0. The third-order valence-corrected chi connectivity index (χ3v) is 2.69. The summed E-state index contributed by atoms with van der Waals surface area (Å²) in [5.74, 6) is 0.0495. The Bertz CT molecular complexity index is 320. The van der Waals surface area contributed by atoms with Crippen molar-refractivity contribution in [2.24, 2.45) is 4.99 Å². The first-order valence-corrected chi connectivity index (χ1v) is 6.19. The second-order valence-corrected chi connectivity index (χ2v) is 4.26. The summed E-state index contributed by atoms with van der Waals surface area (Å²) in [7, 11) is 1.66. The molecular weight excluding hydrogens is 228 g/mol. The minimum Gasteiger partial charge on any atom is -0.395 e. The van der Waals surface area contributed by atoms with E-state index in [1.54, 1.807) is 25.4 Å². The van der Waals surface area contributed by atoms with E-state index in [1.807, 2.05) is 13.8 Å². The van der Waals surface area contributed by atoms with Gasteiger partial charge in [-0.1, -0.05) is 12.7 Å². The van der Waals surface area contributed by atoms with Crippen LogP contribution in [0.4, 0.5) is 0 Å². The number of aliphatic imine (C=N–C) groups is 1. The summed E-state index contributed by atoms with van der Waals surface area (Å²) in [6.45, 7) is 9.07. The number of ketones is 1. The highest BCUT2D eigenvalue weighted by Gasteiger charge is 2.12. The highest BCUT2D eigenvalue weighted by atomic mass is 16.3. The summed E-state index contributed by atoms with van der Waals surface area (Å²) in [4.78, 5) is 17.8. The molecule has 0 unspecified atom stereocenters. The Morgan fingerprint density at radius 3 is 2.56 bits per heavy atom. The number of hydrogen-bond acceptors (Lipinski definition) is 4. The minimum atomic E-state index is 0.0495. The maximum absolute atomic E-state index is 11.9. The smallest absolute Gasteiger partial charge is 0.164 e. The van der Waals surface area contributed by atoms with Crippen molar-refractivity contribution in [3.8, 4) is 0 Å². The molecule has 0 aliphatic heterocycles. The summed E-state index contributed by atoms with van der Waals surface area (Å²) in [6.07, 6.45) is 5.23. The van der Waals surface area contributed by atoms with E-state index in [0.29, 0.717) is 31.1 Å². The lowest BCUT2D eigenvalue weighted by molar-refractivity contribution is -0.115. The van der Waals surface area contributed by atoms with Gasteiger partial charge in [-0.05, 0) is 19.9 Å². The average molecular weight is 252 g/mol. The Morgan fingerprint density at radius 2 is 2.11 bits per heavy atom. The number of Topliss-reactive ketones (excluding diaryl/α,β-unsaturated/α-hetero) is 1. The van der Waals surface area contributed by atoms with Gasteiger partial charge in [0.15, 0.2) is 5.78 Å². The maximum atomic E-state index is 11.9. The van der Waals surface area contributed by atoms with E-state index in [-0.39, 0.29) is 12.4 Å². The van der Waals surface area contributed by atoms with Crippen LogP contribution in [0.2, 0.25) is 0 Å². The molecule has 102 valence electrons.